The number of aromatic nitrogens is 1. The standard InChI is InChI=1S/C12H21N3OS/c1-5-14-12(3,4)11(16)13-7-6-10-15-9(2)8-17-10/h8,14H,5-7H2,1-4H3,(H,13,16). The molecule has 96 valence electrons. The number of aryl methyl sites for hydroxylation is 1. The third-order valence-corrected chi connectivity index (χ3v) is 3.50. The Balaban J connectivity index is 2.33. The van der Waals surface area contributed by atoms with E-state index in [9.17, 15) is 4.79 Å². The third-order valence-electron chi connectivity index (χ3n) is 2.48. The minimum Gasteiger partial charge on any atom is -0.354 e. The van der Waals surface area contributed by atoms with Crippen LogP contribution >= 0.6 is 11.3 Å². The van der Waals surface area contributed by atoms with Gasteiger partial charge in [-0.1, -0.05) is 6.92 Å². The van der Waals surface area contributed by atoms with Crippen LogP contribution in [0.3, 0.4) is 0 Å². The Morgan fingerprint density at radius 3 is 2.76 bits per heavy atom. The highest BCUT2D eigenvalue weighted by atomic mass is 32.1. The molecule has 0 aromatic carbocycles. The number of likely N-dealkylation sites (N-methyl/N-ethyl adjacent to an activating group) is 1. The van der Waals surface area contributed by atoms with E-state index in [1.54, 1.807) is 11.3 Å². The number of carbonyl (C=O) groups is 1. The van der Waals surface area contributed by atoms with E-state index in [1.807, 2.05) is 33.1 Å². The molecule has 2 N–H and O–H groups in total. The van der Waals surface area contributed by atoms with Crippen molar-refractivity contribution in [2.24, 2.45) is 0 Å². The molecule has 5 heteroatoms. The molecule has 0 aliphatic rings. The van der Waals surface area contributed by atoms with Gasteiger partial charge in [-0.3, -0.25) is 4.79 Å². The first-order chi connectivity index (χ1) is 7.95. The van der Waals surface area contributed by atoms with Gasteiger partial charge in [-0.15, -0.1) is 11.3 Å². The van der Waals surface area contributed by atoms with Crippen molar-refractivity contribution in [1.29, 1.82) is 0 Å². The molecule has 1 amide bonds. The van der Waals surface area contributed by atoms with Gasteiger partial charge in [0, 0.05) is 24.0 Å². The molecular weight excluding hydrogens is 234 g/mol. The summed E-state index contributed by atoms with van der Waals surface area (Å²) in [5, 5.41) is 9.18. The summed E-state index contributed by atoms with van der Waals surface area (Å²) in [5.41, 5.74) is 0.539. The van der Waals surface area contributed by atoms with Crippen molar-refractivity contribution in [3.05, 3.63) is 16.1 Å². The molecular formula is C12H21N3OS. The van der Waals surface area contributed by atoms with Crippen LogP contribution in [0.4, 0.5) is 0 Å². The van der Waals surface area contributed by atoms with Crippen molar-refractivity contribution in [2.45, 2.75) is 39.7 Å². The van der Waals surface area contributed by atoms with Crippen LogP contribution in [0.25, 0.3) is 0 Å². The molecule has 0 spiro atoms. The van der Waals surface area contributed by atoms with Crippen LogP contribution < -0.4 is 10.6 Å². The lowest BCUT2D eigenvalue weighted by molar-refractivity contribution is -0.126. The fourth-order valence-electron chi connectivity index (χ4n) is 1.54. The highest BCUT2D eigenvalue weighted by molar-refractivity contribution is 7.09. The zero-order chi connectivity index (χ0) is 12.9. The van der Waals surface area contributed by atoms with Gasteiger partial charge in [-0.05, 0) is 27.3 Å². The van der Waals surface area contributed by atoms with Gasteiger partial charge in [-0.25, -0.2) is 4.98 Å². The molecule has 0 aliphatic heterocycles. The smallest absolute Gasteiger partial charge is 0.239 e. The summed E-state index contributed by atoms with van der Waals surface area (Å²) in [6.07, 6.45) is 0.798. The lowest BCUT2D eigenvalue weighted by atomic mass is 10.0. The second-order valence-electron chi connectivity index (χ2n) is 4.54. The number of hydrogen-bond donors (Lipinski definition) is 2. The average Bonchev–Trinajstić information content (AvgIpc) is 2.64. The van der Waals surface area contributed by atoms with Gasteiger partial charge in [0.1, 0.15) is 0 Å². The fraction of sp³-hybridized carbons (Fsp3) is 0.667. The normalized spacial score (nSPS) is 11.5. The molecule has 1 rings (SSSR count). The maximum Gasteiger partial charge on any atom is 0.239 e. The number of amides is 1. The molecule has 0 radical (unpaired) electrons. The number of rotatable bonds is 6. The van der Waals surface area contributed by atoms with Crippen molar-refractivity contribution < 1.29 is 4.79 Å². The second-order valence-corrected chi connectivity index (χ2v) is 5.49. The lowest BCUT2D eigenvalue weighted by Gasteiger charge is -2.24. The number of carbonyl (C=O) groups excluding carboxylic acids is 1. The molecule has 17 heavy (non-hydrogen) atoms. The summed E-state index contributed by atoms with van der Waals surface area (Å²) in [6, 6.07) is 0. The Hall–Kier alpha value is -0.940. The number of hydrogen-bond acceptors (Lipinski definition) is 4. The van der Waals surface area contributed by atoms with Crippen LogP contribution in [-0.4, -0.2) is 29.5 Å². The van der Waals surface area contributed by atoms with Gasteiger partial charge < -0.3 is 10.6 Å². The van der Waals surface area contributed by atoms with Gasteiger partial charge >= 0.3 is 0 Å². The van der Waals surface area contributed by atoms with E-state index in [-0.39, 0.29) is 5.91 Å². The minimum absolute atomic E-state index is 0.0348. The molecule has 0 unspecified atom stereocenters. The molecule has 0 saturated carbocycles. The van der Waals surface area contributed by atoms with Crippen molar-refractivity contribution in [1.82, 2.24) is 15.6 Å². The Morgan fingerprint density at radius 1 is 1.53 bits per heavy atom. The van der Waals surface area contributed by atoms with Crippen molar-refractivity contribution in [2.75, 3.05) is 13.1 Å². The quantitative estimate of drug-likeness (QED) is 0.810. The van der Waals surface area contributed by atoms with Crippen LogP contribution in [0.1, 0.15) is 31.5 Å². The van der Waals surface area contributed by atoms with Crippen LogP contribution in [0.15, 0.2) is 5.38 Å². The number of thiazole rings is 1. The predicted octanol–water partition coefficient (Wildman–Crippen LogP) is 1.50. The van der Waals surface area contributed by atoms with Crippen LogP contribution in [0.2, 0.25) is 0 Å². The van der Waals surface area contributed by atoms with Gasteiger partial charge in [0.15, 0.2) is 0 Å². The van der Waals surface area contributed by atoms with E-state index in [4.69, 9.17) is 0 Å². The van der Waals surface area contributed by atoms with Gasteiger partial charge in [0.05, 0.1) is 10.5 Å². The van der Waals surface area contributed by atoms with Gasteiger partial charge in [0.25, 0.3) is 0 Å². The maximum absolute atomic E-state index is 11.9. The fourth-order valence-corrected chi connectivity index (χ4v) is 2.32. The third kappa shape index (κ3) is 4.44. The van der Waals surface area contributed by atoms with Crippen LogP contribution in [-0.2, 0) is 11.2 Å². The summed E-state index contributed by atoms with van der Waals surface area (Å²) >= 11 is 1.64. The number of nitrogens with one attached hydrogen (secondary N) is 2. The Bertz CT molecular complexity index is 374. The monoisotopic (exact) mass is 255 g/mol. The molecule has 1 aromatic heterocycles. The van der Waals surface area contributed by atoms with Crippen molar-refractivity contribution in [3.63, 3.8) is 0 Å². The Kier molecular flexibility index (Phi) is 5.08. The van der Waals surface area contributed by atoms with E-state index in [0.29, 0.717) is 6.54 Å². The summed E-state index contributed by atoms with van der Waals surface area (Å²) in [7, 11) is 0. The molecule has 0 saturated heterocycles. The largest absolute Gasteiger partial charge is 0.354 e. The summed E-state index contributed by atoms with van der Waals surface area (Å²) < 4.78 is 0. The first kappa shape index (κ1) is 14.1. The van der Waals surface area contributed by atoms with E-state index in [0.717, 1.165) is 23.7 Å². The minimum atomic E-state index is -0.506. The molecule has 0 fully saturated rings. The molecule has 1 heterocycles. The zero-order valence-corrected chi connectivity index (χ0v) is 11.8. The lowest BCUT2D eigenvalue weighted by Crippen LogP contribution is -2.52. The Labute approximate surface area is 107 Å². The maximum atomic E-state index is 11.9. The van der Waals surface area contributed by atoms with Crippen molar-refractivity contribution >= 4 is 17.2 Å². The van der Waals surface area contributed by atoms with Gasteiger partial charge in [0.2, 0.25) is 5.91 Å². The first-order valence-corrected chi connectivity index (χ1v) is 6.78. The van der Waals surface area contributed by atoms with Gasteiger partial charge in [-0.2, -0.15) is 0 Å². The topological polar surface area (TPSA) is 54.0 Å². The molecule has 0 atom stereocenters. The summed E-state index contributed by atoms with van der Waals surface area (Å²) in [6.45, 7) is 9.17. The summed E-state index contributed by atoms with van der Waals surface area (Å²) in [4.78, 5) is 16.2. The number of nitrogens with zero attached hydrogens (tertiary/aromatic N) is 1. The van der Waals surface area contributed by atoms with E-state index in [2.05, 4.69) is 15.6 Å². The highest BCUT2D eigenvalue weighted by Crippen LogP contribution is 2.08. The predicted molar refractivity (Wildman–Crippen MR) is 71.3 cm³/mol. The van der Waals surface area contributed by atoms with E-state index in [1.165, 1.54) is 0 Å². The zero-order valence-electron chi connectivity index (χ0n) is 11.0. The highest BCUT2D eigenvalue weighted by Gasteiger charge is 2.25. The molecule has 0 bridgehead atoms. The van der Waals surface area contributed by atoms with Crippen LogP contribution in [0, 0.1) is 6.92 Å². The molecule has 0 aliphatic carbocycles. The van der Waals surface area contributed by atoms with E-state index >= 15 is 0 Å². The molecule has 4 nitrogen and oxygen atoms in total. The second kappa shape index (κ2) is 6.12. The summed E-state index contributed by atoms with van der Waals surface area (Å²) in [5.74, 6) is 0.0348. The Morgan fingerprint density at radius 2 is 2.24 bits per heavy atom. The molecule has 1 aromatic rings. The van der Waals surface area contributed by atoms with Crippen LogP contribution in [0.5, 0.6) is 0 Å². The SMILES string of the molecule is CCNC(C)(C)C(=O)NCCc1nc(C)cs1. The average molecular weight is 255 g/mol. The van der Waals surface area contributed by atoms with Crippen molar-refractivity contribution in [3.8, 4) is 0 Å². The van der Waals surface area contributed by atoms with E-state index < -0.39 is 5.54 Å². The first-order valence-electron chi connectivity index (χ1n) is 5.90.